The van der Waals surface area contributed by atoms with Gasteiger partial charge in [-0.25, -0.2) is 0 Å². The SMILES string of the molecule is N#Cc1c(-n2c3c(c4ccccc42)CCC=C3)ccc(-n2c3ccc(C4=CC=CCC4)cc3c3c4ccccc4ccc32)c1C#N. The predicted molar refractivity (Wildman–Crippen MR) is 188 cm³/mol. The zero-order chi connectivity index (χ0) is 30.8. The summed E-state index contributed by atoms with van der Waals surface area (Å²) in [5.74, 6) is 0. The standard InChI is InChI=1S/C42H28N4/c43-25-34-35(26-44)40(23-22-39(34)45-36-16-8-6-14-31(36)32-15-7-9-17-37(32)45)46-38-20-19-29(27-10-2-1-3-11-27)24-33(38)42-30-13-5-4-12-28(30)18-21-41(42)46/h1-2,4-6,8-10,12-14,16-24H,3,7,11,15H2. The molecule has 2 aliphatic rings. The molecule has 0 saturated heterocycles. The van der Waals surface area contributed by atoms with Gasteiger partial charge in [-0.05, 0) is 95.6 Å². The van der Waals surface area contributed by atoms with E-state index in [0.29, 0.717) is 16.8 Å². The number of nitriles is 2. The van der Waals surface area contributed by atoms with Crippen LogP contribution in [-0.4, -0.2) is 9.13 Å². The minimum Gasteiger partial charge on any atom is -0.308 e. The van der Waals surface area contributed by atoms with Crippen molar-refractivity contribution >= 4 is 55.1 Å². The molecule has 5 aromatic carbocycles. The van der Waals surface area contributed by atoms with Gasteiger partial charge in [0.05, 0.1) is 39.1 Å². The molecular weight excluding hydrogens is 560 g/mol. The maximum Gasteiger partial charge on any atom is 0.103 e. The van der Waals surface area contributed by atoms with Crippen LogP contribution in [0.5, 0.6) is 0 Å². The molecule has 46 heavy (non-hydrogen) atoms. The highest BCUT2D eigenvalue weighted by molar-refractivity contribution is 6.21. The first-order chi connectivity index (χ1) is 22.8. The van der Waals surface area contributed by atoms with E-state index in [0.717, 1.165) is 64.4 Å². The zero-order valence-corrected chi connectivity index (χ0v) is 25.2. The fourth-order valence-electron chi connectivity index (χ4n) is 7.72. The molecule has 0 radical (unpaired) electrons. The topological polar surface area (TPSA) is 57.4 Å². The maximum absolute atomic E-state index is 10.8. The van der Waals surface area contributed by atoms with E-state index in [4.69, 9.17) is 0 Å². The lowest BCUT2D eigenvalue weighted by molar-refractivity contribution is 0.965. The smallest absolute Gasteiger partial charge is 0.103 e. The van der Waals surface area contributed by atoms with Gasteiger partial charge in [0, 0.05) is 21.9 Å². The molecule has 0 bridgehead atoms. The van der Waals surface area contributed by atoms with E-state index in [-0.39, 0.29) is 0 Å². The highest BCUT2D eigenvalue weighted by atomic mass is 15.0. The Labute approximate surface area is 266 Å². The third-order valence-electron chi connectivity index (χ3n) is 9.76. The van der Waals surface area contributed by atoms with Crippen LogP contribution in [0.1, 0.15) is 47.2 Å². The second-order valence-corrected chi connectivity index (χ2v) is 12.1. The fraction of sp³-hybridized carbons (Fsp3) is 0.0952. The summed E-state index contributed by atoms with van der Waals surface area (Å²) in [7, 11) is 0. The summed E-state index contributed by atoms with van der Waals surface area (Å²) in [6.45, 7) is 0. The van der Waals surface area contributed by atoms with Gasteiger partial charge < -0.3 is 9.13 Å². The van der Waals surface area contributed by atoms with Gasteiger partial charge in [-0.3, -0.25) is 0 Å². The Hall–Kier alpha value is -6.10. The van der Waals surface area contributed by atoms with Crippen LogP contribution in [0.3, 0.4) is 0 Å². The molecule has 2 aromatic heterocycles. The van der Waals surface area contributed by atoms with E-state index < -0.39 is 0 Å². The molecule has 0 aliphatic heterocycles. The van der Waals surface area contributed by atoms with Gasteiger partial charge >= 0.3 is 0 Å². The minimum atomic E-state index is 0.377. The lowest BCUT2D eigenvalue weighted by Gasteiger charge is -2.17. The Morgan fingerprint density at radius 2 is 1.33 bits per heavy atom. The van der Waals surface area contributed by atoms with Crippen molar-refractivity contribution in [3.63, 3.8) is 0 Å². The molecule has 9 rings (SSSR count). The molecule has 216 valence electrons. The number of rotatable bonds is 3. The first-order valence-electron chi connectivity index (χ1n) is 15.9. The van der Waals surface area contributed by atoms with Crippen molar-refractivity contribution in [2.75, 3.05) is 0 Å². The first-order valence-corrected chi connectivity index (χ1v) is 15.9. The van der Waals surface area contributed by atoms with E-state index in [1.807, 2.05) is 18.2 Å². The number of aryl methyl sites for hydroxylation is 1. The van der Waals surface area contributed by atoms with Crippen LogP contribution >= 0.6 is 0 Å². The molecule has 4 nitrogen and oxygen atoms in total. The van der Waals surface area contributed by atoms with Gasteiger partial charge in [0.1, 0.15) is 12.1 Å². The monoisotopic (exact) mass is 588 g/mol. The largest absolute Gasteiger partial charge is 0.308 e. The Kier molecular flexibility index (Phi) is 5.85. The van der Waals surface area contributed by atoms with Crippen LogP contribution in [0.2, 0.25) is 0 Å². The van der Waals surface area contributed by atoms with Crippen LogP contribution in [0.15, 0.2) is 115 Å². The molecule has 0 spiro atoms. The van der Waals surface area contributed by atoms with Gasteiger partial charge in [-0.15, -0.1) is 0 Å². The third kappa shape index (κ3) is 3.71. The highest BCUT2D eigenvalue weighted by Gasteiger charge is 2.25. The molecular formula is C42H28N4. The predicted octanol–water partition coefficient (Wildman–Crippen LogP) is 10.3. The highest BCUT2D eigenvalue weighted by Crippen LogP contribution is 2.41. The molecule has 2 heterocycles. The van der Waals surface area contributed by atoms with Crippen molar-refractivity contribution in [1.29, 1.82) is 10.5 Å². The third-order valence-corrected chi connectivity index (χ3v) is 9.76. The van der Waals surface area contributed by atoms with E-state index in [2.05, 4.69) is 124 Å². The Morgan fingerprint density at radius 1 is 0.609 bits per heavy atom. The van der Waals surface area contributed by atoms with Crippen molar-refractivity contribution in [2.45, 2.75) is 25.7 Å². The molecule has 0 fully saturated rings. The average molecular weight is 589 g/mol. The number of fused-ring (bicyclic) bond motifs is 8. The van der Waals surface area contributed by atoms with Gasteiger partial charge in [0.2, 0.25) is 0 Å². The molecule has 0 atom stereocenters. The summed E-state index contributed by atoms with van der Waals surface area (Å²) in [5, 5.41) is 27.3. The molecule has 0 amide bonds. The number of benzene rings is 5. The van der Waals surface area contributed by atoms with Gasteiger partial charge in [-0.2, -0.15) is 10.5 Å². The second kappa shape index (κ2) is 10.2. The summed E-state index contributed by atoms with van der Waals surface area (Å²) in [6.07, 6.45) is 14.9. The summed E-state index contributed by atoms with van der Waals surface area (Å²) < 4.78 is 4.35. The Balaban J connectivity index is 1.36. The van der Waals surface area contributed by atoms with Crippen molar-refractivity contribution in [3.8, 4) is 23.5 Å². The number of nitrogens with zero attached hydrogens (tertiary/aromatic N) is 4. The lowest BCUT2D eigenvalue weighted by Crippen LogP contribution is -2.07. The number of para-hydroxylation sites is 1. The first kappa shape index (κ1) is 26.3. The second-order valence-electron chi connectivity index (χ2n) is 12.1. The lowest BCUT2D eigenvalue weighted by atomic mass is 9.95. The number of hydrogen-bond donors (Lipinski definition) is 0. The van der Waals surface area contributed by atoms with Crippen molar-refractivity contribution in [2.24, 2.45) is 0 Å². The molecule has 0 saturated carbocycles. The zero-order valence-electron chi connectivity index (χ0n) is 25.2. The molecule has 0 N–H and O–H groups in total. The number of allylic oxidation sites excluding steroid dienone is 5. The Bertz CT molecular complexity index is 2610. The van der Waals surface area contributed by atoms with E-state index in [9.17, 15) is 10.5 Å². The summed E-state index contributed by atoms with van der Waals surface area (Å²) >= 11 is 0. The Morgan fingerprint density at radius 3 is 2.13 bits per heavy atom. The van der Waals surface area contributed by atoms with Crippen molar-refractivity contribution in [3.05, 3.63) is 143 Å². The summed E-state index contributed by atoms with van der Waals surface area (Å²) in [5.41, 5.74) is 10.2. The molecule has 4 heteroatoms. The average Bonchev–Trinajstić information content (AvgIpc) is 3.64. The van der Waals surface area contributed by atoms with Gasteiger partial charge in [-0.1, -0.05) is 78.9 Å². The van der Waals surface area contributed by atoms with Crippen molar-refractivity contribution in [1.82, 2.24) is 9.13 Å². The van der Waals surface area contributed by atoms with Crippen molar-refractivity contribution < 1.29 is 0 Å². The fourth-order valence-corrected chi connectivity index (χ4v) is 7.72. The van der Waals surface area contributed by atoms with Crippen LogP contribution < -0.4 is 0 Å². The molecule has 0 unspecified atom stereocenters. The van der Waals surface area contributed by atoms with E-state index >= 15 is 0 Å². The quantitative estimate of drug-likeness (QED) is 0.206. The number of aromatic nitrogens is 2. The number of hydrogen-bond acceptors (Lipinski definition) is 2. The van der Waals surface area contributed by atoms with Gasteiger partial charge in [0.25, 0.3) is 0 Å². The summed E-state index contributed by atoms with van der Waals surface area (Å²) in [4.78, 5) is 0. The van der Waals surface area contributed by atoms with E-state index in [1.54, 1.807) is 0 Å². The maximum atomic E-state index is 10.8. The van der Waals surface area contributed by atoms with Crippen LogP contribution in [-0.2, 0) is 6.42 Å². The van der Waals surface area contributed by atoms with Crippen LogP contribution in [0.25, 0.3) is 66.5 Å². The van der Waals surface area contributed by atoms with Crippen LogP contribution in [0, 0.1) is 22.7 Å². The normalized spacial score (nSPS) is 14.1. The molecule has 7 aromatic rings. The molecule has 2 aliphatic carbocycles. The van der Waals surface area contributed by atoms with Gasteiger partial charge in [0.15, 0.2) is 0 Å². The summed E-state index contributed by atoms with van der Waals surface area (Å²) in [6, 6.07) is 36.8. The van der Waals surface area contributed by atoms with E-state index in [1.165, 1.54) is 32.9 Å². The minimum absolute atomic E-state index is 0.377. The van der Waals surface area contributed by atoms with Crippen LogP contribution in [0.4, 0.5) is 0 Å².